The Hall–Kier alpha value is -1.40. The summed E-state index contributed by atoms with van der Waals surface area (Å²) in [4.78, 5) is 13.5. The zero-order valence-corrected chi connectivity index (χ0v) is 13.5. The first-order valence-corrected chi connectivity index (χ1v) is 8.90. The summed E-state index contributed by atoms with van der Waals surface area (Å²) >= 11 is 0. The molecule has 0 spiro atoms. The van der Waals surface area contributed by atoms with Gasteiger partial charge in [0.15, 0.2) is 0 Å². The predicted octanol–water partition coefficient (Wildman–Crippen LogP) is 2.84. The molecule has 0 aromatic heterocycles. The second-order valence-corrected chi connectivity index (χ2v) is 6.91. The van der Waals surface area contributed by atoms with Gasteiger partial charge in [-0.1, -0.05) is 51.3 Å². The van der Waals surface area contributed by atoms with Crippen LogP contribution in [0.5, 0.6) is 0 Å². The number of benzene rings is 1. The molecule has 5 nitrogen and oxygen atoms in total. The molecule has 21 heavy (non-hydrogen) atoms. The van der Waals surface area contributed by atoms with Crippen LogP contribution in [0, 0.1) is 0 Å². The number of hydrogen-bond donors (Lipinski definition) is 1. The summed E-state index contributed by atoms with van der Waals surface area (Å²) in [5, 5.41) is 0.535. The van der Waals surface area contributed by atoms with Crippen molar-refractivity contribution in [2.24, 2.45) is 0 Å². The maximum absolute atomic E-state index is 12.4. The van der Waals surface area contributed by atoms with Crippen molar-refractivity contribution in [2.75, 3.05) is 5.01 Å². The van der Waals surface area contributed by atoms with Crippen LogP contribution in [0.25, 0.3) is 0 Å². The van der Waals surface area contributed by atoms with Crippen molar-refractivity contribution in [2.45, 2.75) is 51.2 Å². The van der Waals surface area contributed by atoms with Crippen molar-refractivity contribution < 1.29 is 13.2 Å². The summed E-state index contributed by atoms with van der Waals surface area (Å²) in [6, 6.07) is 8.65. The van der Waals surface area contributed by atoms with Gasteiger partial charge in [-0.2, -0.15) is 0 Å². The average Bonchev–Trinajstić information content (AvgIpc) is 2.50. The fourth-order valence-electron chi connectivity index (χ4n) is 2.14. The van der Waals surface area contributed by atoms with E-state index < -0.39 is 15.3 Å². The van der Waals surface area contributed by atoms with E-state index in [2.05, 4.69) is 11.8 Å². The van der Waals surface area contributed by atoms with Crippen LogP contribution in [0.15, 0.2) is 30.3 Å². The quantitative estimate of drug-likeness (QED) is 0.410. The van der Waals surface area contributed by atoms with Gasteiger partial charge in [-0.15, -0.1) is 4.83 Å². The van der Waals surface area contributed by atoms with E-state index in [1.54, 1.807) is 30.3 Å². The molecule has 0 aliphatic carbocycles. The molecule has 0 fully saturated rings. The van der Waals surface area contributed by atoms with Crippen LogP contribution in [0.1, 0.15) is 46.0 Å². The Labute approximate surface area is 127 Å². The first-order chi connectivity index (χ1) is 10.0. The number of carbonyl (C=O) groups excluding carboxylic acids is 1. The molecule has 0 heterocycles. The van der Waals surface area contributed by atoms with Gasteiger partial charge >= 0.3 is 0 Å². The Morgan fingerprint density at radius 1 is 1.19 bits per heavy atom. The minimum Gasteiger partial charge on any atom is -0.277 e. The van der Waals surface area contributed by atoms with Gasteiger partial charge in [0, 0.05) is 0 Å². The van der Waals surface area contributed by atoms with Crippen LogP contribution >= 0.6 is 0 Å². The minimum absolute atomic E-state index is 0.477. The minimum atomic E-state index is -3.57. The van der Waals surface area contributed by atoms with Crippen molar-refractivity contribution in [3.63, 3.8) is 0 Å². The van der Waals surface area contributed by atoms with Crippen LogP contribution in [0.4, 0.5) is 5.69 Å². The van der Waals surface area contributed by atoms with Gasteiger partial charge in [0.1, 0.15) is 0 Å². The lowest BCUT2D eigenvalue weighted by molar-refractivity contribution is -0.107. The Morgan fingerprint density at radius 2 is 1.86 bits per heavy atom. The molecule has 1 aromatic carbocycles. The highest BCUT2D eigenvalue weighted by Crippen LogP contribution is 2.16. The fraction of sp³-hybridized carbons (Fsp3) is 0.533. The maximum atomic E-state index is 12.4. The standard InChI is InChI=1S/C15H24N2O3S/c1-3-5-7-12-15(4-2)21(19,20)16-17(13-18)14-10-8-6-9-11-14/h6,8-11,13,15-16H,3-5,7,12H2,1-2H3. The SMILES string of the molecule is CCCCCC(CC)S(=O)(=O)NN(C=O)c1ccccc1. The molecular weight excluding hydrogens is 288 g/mol. The number of amides is 1. The van der Waals surface area contributed by atoms with Crippen molar-refractivity contribution in [1.29, 1.82) is 0 Å². The third-order valence-corrected chi connectivity index (χ3v) is 5.29. The summed E-state index contributed by atoms with van der Waals surface area (Å²) in [5.41, 5.74) is 0.500. The van der Waals surface area contributed by atoms with Crippen LogP contribution < -0.4 is 9.84 Å². The molecular formula is C15H24N2O3S. The van der Waals surface area contributed by atoms with Gasteiger partial charge in [0.2, 0.25) is 16.4 Å². The lowest BCUT2D eigenvalue weighted by Crippen LogP contribution is -2.45. The van der Waals surface area contributed by atoms with Gasteiger partial charge in [0.25, 0.3) is 0 Å². The first-order valence-electron chi connectivity index (χ1n) is 7.36. The number of nitrogens with zero attached hydrogens (tertiary/aromatic N) is 1. The molecule has 1 N–H and O–H groups in total. The molecule has 1 rings (SSSR count). The summed E-state index contributed by atoms with van der Waals surface area (Å²) < 4.78 is 24.8. The van der Waals surface area contributed by atoms with E-state index in [1.165, 1.54) is 0 Å². The number of hydrazine groups is 1. The van der Waals surface area contributed by atoms with E-state index in [-0.39, 0.29) is 0 Å². The smallest absolute Gasteiger partial charge is 0.231 e. The molecule has 1 atom stereocenters. The highest BCUT2D eigenvalue weighted by atomic mass is 32.2. The second kappa shape index (κ2) is 8.79. The fourth-order valence-corrected chi connectivity index (χ4v) is 3.62. The number of carbonyl (C=O) groups is 1. The summed E-state index contributed by atoms with van der Waals surface area (Å²) in [5.74, 6) is 0. The Kier molecular flexibility index (Phi) is 7.39. The zero-order valence-electron chi connectivity index (χ0n) is 12.7. The van der Waals surface area contributed by atoms with Gasteiger partial charge in [0.05, 0.1) is 10.9 Å². The lowest BCUT2D eigenvalue weighted by Gasteiger charge is -2.22. The van der Waals surface area contributed by atoms with Crippen molar-refractivity contribution in [1.82, 2.24) is 4.83 Å². The molecule has 0 aliphatic heterocycles. The van der Waals surface area contributed by atoms with E-state index in [0.717, 1.165) is 24.3 Å². The second-order valence-electron chi connectivity index (χ2n) is 4.97. The number of unbranched alkanes of at least 4 members (excludes halogenated alkanes) is 2. The molecule has 1 unspecified atom stereocenters. The maximum Gasteiger partial charge on any atom is 0.231 e. The van der Waals surface area contributed by atoms with E-state index in [0.29, 0.717) is 24.9 Å². The number of anilines is 1. The average molecular weight is 312 g/mol. The van der Waals surface area contributed by atoms with Crippen LogP contribution in [-0.2, 0) is 14.8 Å². The molecule has 0 saturated carbocycles. The van der Waals surface area contributed by atoms with Crippen LogP contribution in [-0.4, -0.2) is 20.1 Å². The monoisotopic (exact) mass is 312 g/mol. The number of hydrogen-bond acceptors (Lipinski definition) is 3. The normalized spacial score (nSPS) is 12.9. The molecule has 0 radical (unpaired) electrons. The number of rotatable bonds is 10. The van der Waals surface area contributed by atoms with Crippen LogP contribution in [0.2, 0.25) is 0 Å². The lowest BCUT2D eigenvalue weighted by atomic mass is 10.1. The van der Waals surface area contributed by atoms with Gasteiger partial charge in [-0.3, -0.25) is 4.79 Å². The summed E-state index contributed by atoms with van der Waals surface area (Å²) in [6.45, 7) is 3.93. The van der Waals surface area contributed by atoms with Gasteiger partial charge in [-0.25, -0.2) is 13.4 Å². The van der Waals surface area contributed by atoms with Crippen LogP contribution in [0.3, 0.4) is 0 Å². The molecule has 0 saturated heterocycles. The largest absolute Gasteiger partial charge is 0.277 e. The van der Waals surface area contributed by atoms with E-state index in [4.69, 9.17) is 0 Å². The molecule has 1 aromatic rings. The molecule has 0 bridgehead atoms. The van der Waals surface area contributed by atoms with E-state index in [1.807, 2.05) is 6.92 Å². The number of para-hydroxylation sites is 1. The van der Waals surface area contributed by atoms with Gasteiger partial charge in [-0.05, 0) is 25.0 Å². The topological polar surface area (TPSA) is 66.5 Å². The number of nitrogens with one attached hydrogen (secondary N) is 1. The third kappa shape index (κ3) is 5.47. The molecule has 1 amide bonds. The van der Waals surface area contributed by atoms with Crippen molar-refractivity contribution in [3.05, 3.63) is 30.3 Å². The Bertz CT molecular complexity index is 517. The first kappa shape index (κ1) is 17.7. The Morgan fingerprint density at radius 3 is 2.38 bits per heavy atom. The summed E-state index contributed by atoms with van der Waals surface area (Å²) in [7, 11) is -3.57. The van der Waals surface area contributed by atoms with Crippen molar-refractivity contribution >= 4 is 22.1 Å². The summed E-state index contributed by atoms with van der Waals surface area (Å²) in [6.07, 6.45) is 4.56. The van der Waals surface area contributed by atoms with E-state index >= 15 is 0 Å². The van der Waals surface area contributed by atoms with Crippen molar-refractivity contribution in [3.8, 4) is 0 Å². The third-order valence-electron chi connectivity index (χ3n) is 3.39. The molecule has 6 heteroatoms. The highest BCUT2D eigenvalue weighted by molar-refractivity contribution is 7.90. The zero-order chi connectivity index (χ0) is 15.7. The highest BCUT2D eigenvalue weighted by Gasteiger charge is 2.25. The molecule has 118 valence electrons. The molecule has 0 aliphatic rings. The predicted molar refractivity (Wildman–Crippen MR) is 85.3 cm³/mol. The van der Waals surface area contributed by atoms with E-state index in [9.17, 15) is 13.2 Å². The number of sulfonamides is 1. The Balaban J connectivity index is 2.78. The van der Waals surface area contributed by atoms with Gasteiger partial charge < -0.3 is 0 Å².